The van der Waals surface area contributed by atoms with E-state index in [1.54, 1.807) is 0 Å². The molecule has 4 heteroatoms. The molecule has 0 amide bonds. The Balaban J connectivity index is 1.19. The summed E-state index contributed by atoms with van der Waals surface area (Å²) in [6.45, 7) is 14.5. The van der Waals surface area contributed by atoms with E-state index in [0.29, 0.717) is 0 Å². The summed E-state index contributed by atoms with van der Waals surface area (Å²) < 4.78 is 2.59. The first-order valence-corrected chi connectivity index (χ1v) is 17.8. The molecule has 3 heterocycles. The molecule has 0 spiro atoms. The fraction of sp³-hybridized carbons (Fsp3) is 0.182. The highest BCUT2D eigenvalue weighted by Gasteiger charge is 2.28. The van der Waals surface area contributed by atoms with Gasteiger partial charge in [-0.1, -0.05) is 141 Å². The van der Waals surface area contributed by atoms with E-state index < -0.39 is 0 Å². The third-order valence-corrected chi connectivity index (χ3v) is 11.3. The van der Waals surface area contributed by atoms with Gasteiger partial charge in [0.05, 0.1) is 16.1 Å². The van der Waals surface area contributed by atoms with Crippen molar-refractivity contribution in [3.05, 3.63) is 142 Å². The Labute approximate surface area is 288 Å². The average Bonchev–Trinajstić information content (AvgIpc) is 3.47. The van der Waals surface area contributed by atoms with Crippen molar-refractivity contribution in [2.45, 2.75) is 48.0 Å². The minimum Gasteiger partial charge on any atom is -0.291 e. The number of pyridine rings is 1. The van der Waals surface area contributed by atoms with Crippen LogP contribution in [0.2, 0.25) is 0 Å². The number of aromatic nitrogens is 1. The molecule has 1 aliphatic rings. The lowest BCUT2D eigenvalue weighted by atomic mass is 9.34. The summed E-state index contributed by atoms with van der Waals surface area (Å²) in [5.41, 5.74) is 19.2. The van der Waals surface area contributed by atoms with Gasteiger partial charge in [-0.25, -0.2) is 4.98 Å². The lowest BCUT2D eigenvalue weighted by Gasteiger charge is -2.24. The molecule has 0 aliphatic carbocycles. The number of thiophene rings is 1. The normalized spacial score (nSPS) is 12.5. The molecular weight excluding hydrogens is 599 g/mol. The van der Waals surface area contributed by atoms with Crippen LogP contribution in [0.3, 0.4) is 0 Å². The Morgan fingerprint density at radius 2 is 1.17 bits per heavy atom. The van der Waals surface area contributed by atoms with Crippen molar-refractivity contribution in [3.63, 3.8) is 0 Å². The van der Waals surface area contributed by atoms with Gasteiger partial charge in [0.2, 0.25) is 6.71 Å². The number of aryl methyl sites for hydroxylation is 6. The molecule has 2 aromatic heterocycles. The molecule has 0 N–H and O–H groups in total. The van der Waals surface area contributed by atoms with Crippen LogP contribution >= 0.6 is 11.3 Å². The van der Waals surface area contributed by atoms with E-state index >= 15 is 0 Å². The lowest BCUT2D eigenvalue weighted by molar-refractivity contribution is 0.948. The van der Waals surface area contributed by atoms with Crippen molar-refractivity contribution in [2.24, 2.45) is 4.99 Å². The maximum absolute atomic E-state index is 5.20. The van der Waals surface area contributed by atoms with E-state index in [1.807, 2.05) is 17.6 Å². The molecular formula is C44H39BN2S. The lowest BCUT2D eigenvalue weighted by Crippen LogP contribution is -2.55. The first kappa shape index (κ1) is 30.5. The number of aliphatic imine (C=N–C) groups is 1. The number of fused-ring (bicyclic) bond motifs is 5. The van der Waals surface area contributed by atoms with Gasteiger partial charge >= 0.3 is 0 Å². The monoisotopic (exact) mass is 638 g/mol. The second kappa shape index (κ2) is 12.0. The van der Waals surface area contributed by atoms with Crippen LogP contribution in [0.1, 0.15) is 44.6 Å². The molecule has 0 radical (unpaired) electrons. The Hall–Kier alpha value is -4.80. The number of hydrogen-bond acceptors (Lipinski definition) is 3. The van der Waals surface area contributed by atoms with Crippen molar-refractivity contribution < 1.29 is 0 Å². The molecule has 0 atom stereocenters. The van der Waals surface area contributed by atoms with Gasteiger partial charge in [0.25, 0.3) is 0 Å². The zero-order chi connectivity index (χ0) is 33.1. The molecule has 0 saturated carbocycles. The van der Waals surface area contributed by atoms with Gasteiger partial charge in [0, 0.05) is 33.8 Å². The van der Waals surface area contributed by atoms with E-state index in [9.17, 15) is 0 Å². The third kappa shape index (κ3) is 5.20. The van der Waals surface area contributed by atoms with E-state index in [-0.39, 0.29) is 6.71 Å². The Bertz CT molecular complexity index is 2290. The zero-order valence-electron chi connectivity index (χ0n) is 28.6. The first-order valence-electron chi connectivity index (χ1n) is 17.0. The van der Waals surface area contributed by atoms with E-state index in [4.69, 9.17) is 4.98 Å². The molecule has 0 unspecified atom stereocenters. The summed E-state index contributed by atoms with van der Waals surface area (Å²) in [5, 5.41) is 2.68. The molecule has 5 aromatic carbocycles. The van der Waals surface area contributed by atoms with Gasteiger partial charge < -0.3 is 0 Å². The number of rotatable bonds is 5. The summed E-state index contributed by atoms with van der Waals surface area (Å²) in [6.07, 6.45) is 2.91. The number of benzene rings is 5. The molecule has 0 bridgehead atoms. The summed E-state index contributed by atoms with van der Waals surface area (Å²) in [6, 6.07) is 36.4. The van der Waals surface area contributed by atoms with Crippen molar-refractivity contribution in [1.82, 2.24) is 4.98 Å². The highest BCUT2D eigenvalue weighted by atomic mass is 32.1. The molecule has 7 aromatic rings. The van der Waals surface area contributed by atoms with Crippen LogP contribution < -0.4 is 16.4 Å². The fourth-order valence-corrected chi connectivity index (χ4v) is 9.46. The largest absolute Gasteiger partial charge is 0.291 e. The Kier molecular flexibility index (Phi) is 7.65. The minimum absolute atomic E-state index is 0.171. The SMILES string of the molecule is Cc1cc(C)c(B(c2ccc(-c3ccc(-c4nc5c(c6c4sc4ccccc46)CCN=C5)cc3)cc2)c2c(C)cc(C)cc2C)c(C)c1. The maximum atomic E-state index is 5.20. The molecule has 2 nitrogen and oxygen atoms in total. The zero-order valence-corrected chi connectivity index (χ0v) is 29.4. The topological polar surface area (TPSA) is 25.2 Å². The van der Waals surface area contributed by atoms with Crippen LogP contribution in [0.25, 0.3) is 42.6 Å². The van der Waals surface area contributed by atoms with Crippen molar-refractivity contribution in [1.29, 1.82) is 0 Å². The standard InChI is InChI=1S/C44H39BN2S/c1-26-21-28(3)41(29(4)22-26)45(42-30(5)23-27(2)24-31(42)6)35-17-15-33(16-18-35)32-11-13-34(14-12-32)43-44-40(36-19-20-46-25-38(36)47-43)37-9-7-8-10-39(37)48-44/h7-18,21-25H,19-20H2,1-6H3. The highest BCUT2D eigenvalue weighted by molar-refractivity contribution is 7.26. The molecule has 0 fully saturated rings. The Morgan fingerprint density at radius 1 is 0.625 bits per heavy atom. The van der Waals surface area contributed by atoms with Crippen molar-refractivity contribution in [2.75, 3.05) is 6.54 Å². The molecule has 48 heavy (non-hydrogen) atoms. The van der Waals surface area contributed by atoms with Gasteiger partial charge in [-0.3, -0.25) is 4.99 Å². The predicted molar refractivity (Wildman–Crippen MR) is 210 cm³/mol. The van der Waals surface area contributed by atoms with Crippen molar-refractivity contribution >= 4 is 60.8 Å². The van der Waals surface area contributed by atoms with Gasteiger partial charge in [-0.15, -0.1) is 11.3 Å². The van der Waals surface area contributed by atoms with Crippen LogP contribution in [-0.2, 0) is 6.42 Å². The van der Waals surface area contributed by atoms with Crippen LogP contribution in [0, 0.1) is 41.5 Å². The summed E-state index contributed by atoms with van der Waals surface area (Å²) in [4.78, 5) is 9.78. The molecule has 1 aliphatic heterocycles. The molecule has 0 saturated heterocycles. The van der Waals surface area contributed by atoms with Gasteiger partial charge in [0.15, 0.2) is 0 Å². The van der Waals surface area contributed by atoms with Crippen LogP contribution in [0.4, 0.5) is 0 Å². The molecule has 234 valence electrons. The molecule has 8 rings (SSSR count). The quantitative estimate of drug-likeness (QED) is 0.173. The average molecular weight is 639 g/mol. The summed E-state index contributed by atoms with van der Waals surface area (Å²) in [5.74, 6) is 0. The number of nitrogens with zero attached hydrogens (tertiary/aromatic N) is 2. The van der Waals surface area contributed by atoms with E-state index in [1.165, 1.54) is 86.6 Å². The highest BCUT2D eigenvalue weighted by Crippen LogP contribution is 2.42. The summed E-state index contributed by atoms with van der Waals surface area (Å²) in [7, 11) is 0. The second-order valence-corrected chi connectivity index (χ2v) is 14.7. The van der Waals surface area contributed by atoms with Gasteiger partial charge in [-0.05, 0) is 70.7 Å². The van der Waals surface area contributed by atoms with Gasteiger partial charge in [0.1, 0.15) is 0 Å². The Morgan fingerprint density at radius 3 is 1.77 bits per heavy atom. The second-order valence-electron chi connectivity index (χ2n) is 13.7. The van der Waals surface area contributed by atoms with Crippen LogP contribution in [-0.4, -0.2) is 24.5 Å². The maximum Gasteiger partial charge on any atom is 0.242 e. The van der Waals surface area contributed by atoms with E-state index in [0.717, 1.165) is 29.9 Å². The summed E-state index contributed by atoms with van der Waals surface area (Å²) >= 11 is 1.86. The van der Waals surface area contributed by atoms with Gasteiger partial charge in [-0.2, -0.15) is 0 Å². The third-order valence-electron chi connectivity index (χ3n) is 10.1. The van der Waals surface area contributed by atoms with Crippen LogP contribution in [0.5, 0.6) is 0 Å². The minimum atomic E-state index is 0.171. The smallest absolute Gasteiger partial charge is 0.242 e. The predicted octanol–water partition coefficient (Wildman–Crippen LogP) is 9.13. The fourth-order valence-electron chi connectivity index (χ4n) is 8.22. The number of hydrogen-bond donors (Lipinski definition) is 0. The first-order chi connectivity index (χ1) is 23.3. The van der Waals surface area contributed by atoms with E-state index in [2.05, 4.69) is 144 Å². The van der Waals surface area contributed by atoms with Crippen LogP contribution in [0.15, 0.2) is 102 Å². The van der Waals surface area contributed by atoms with Crippen molar-refractivity contribution in [3.8, 4) is 22.4 Å².